The van der Waals surface area contributed by atoms with Gasteiger partial charge in [-0.1, -0.05) is 13.8 Å². The van der Waals surface area contributed by atoms with Gasteiger partial charge in [0.25, 0.3) is 0 Å². The highest BCUT2D eigenvalue weighted by molar-refractivity contribution is 4.69. The van der Waals surface area contributed by atoms with E-state index in [0.29, 0.717) is 0 Å². The number of halogens is 4. The van der Waals surface area contributed by atoms with Crippen LogP contribution < -0.4 is 0 Å². The molecule has 68 valence electrons. The molecule has 0 nitrogen and oxygen atoms in total. The van der Waals surface area contributed by atoms with Crippen LogP contribution in [0.25, 0.3) is 0 Å². The van der Waals surface area contributed by atoms with E-state index in [1.54, 1.807) is 13.8 Å². The highest BCUT2D eigenvalue weighted by Gasteiger charge is 2.39. The number of hydrogen-bond donors (Lipinski definition) is 0. The molecule has 0 saturated heterocycles. The van der Waals surface area contributed by atoms with Gasteiger partial charge in [-0.3, -0.25) is 0 Å². The van der Waals surface area contributed by atoms with E-state index in [4.69, 9.17) is 0 Å². The van der Waals surface area contributed by atoms with E-state index >= 15 is 0 Å². The summed E-state index contributed by atoms with van der Waals surface area (Å²) >= 11 is 0. The molecule has 0 atom stereocenters. The van der Waals surface area contributed by atoms with Crippen LogP contribution in [-0.4, -0.2) is 12.3 Å². The Kier molecular flexibility index (Phi) is 3.83. The quantitative estimate of drug-likeness (QED) is 0.570. The van der Waals surface area contributed by atoms with Gasteiger partial charge in [0.05, 0.1) is 0 Å². The molecule has 0 radical (unpaired) electrons. The van der Waals surface area contributed by atoms with Crippen LogP contribution in [0.1, 0.15) is 26.7 Å². The van der Waals surface area contributed by atoms with Crippen LogP contribution >= 0.6 is 0 Å². The molecule has 0 aliphatic carbocycles. The average Bonchev–Trinajstić information content (AvgIpc) is 1.84. The molecular formula is C7H12F4. The predicted molar refractivity (Wildman–Crippen MR) is 35.0 cm³/mol. The fraction of sp³-hybridized carbons (Fsp3) is 1.00. The van der Waals surface area contributed by atoms with Gasteiger partial charge in [0.15, 0.2) is 0 Å². The van der Waals surface area contributed by atoms with Crippen molar-refractivity contribution in [2.24, 2.45) is 5.92 Å². The summed E-state index contributed by atoms with van der Waals surface area (Å²) < 4.78 is 47.3. The molecule has 11 heavy (non-hydrogen) atoms. The lowest BCUT2D eigenvalue weighted by molar-refractivity contribution is -0.134. The molecule has 0 saturated carbocycles. The molecule has 0 aromatic carbocycles. The van der Waals surface area contributed by atoms with Crippen LogP contribution in [0.4, 0.5) is 17.6 Å². The molecular weight excluding hydrogens is 160 g/mol. The number of rotatable bonds is 4. The predicted octanol–water partition coefficient (Wildman–Crippen LogP) is 3.32. The third-order valence-corrected chi connectivity index (χ3v) is 1.37. The Labute approximate surface area is 63.6 Å². The molecule has 0 fully saturated rings. The summed E-state index contributed by atoms with van der Waals surface area (Å²) in [6.07, 6.45) is -4.11. The third kappa shape index (κ3) is 4.22. The molecule has 0 aliphatic rings. The maximum Gasteiger partial charge on any atom is 0.307 e. The highest BCUT2D eigenvalue weighted by Crippen LogP contribution is 2.29. The summed E-state index contributed by atoms with van der Waals surface area (Å²) in [5.41, 5.74) is 0. The van der Waals surface area contributed by atoms with E-state index in [-0.39, 0.29) is 12.3 Å². The van der Waals surface area contributed by atoms with Crippen molar-refractivity contribution in [2.75, 3.05) is 0 Å². The van der Waals surface area contributed by atoms with Gasteiger partial charge in [0.2, 0.25) is 0 Å². The zero-order valence-corrected chi connectivity index (χ0v) is 6.58. The van der Waals surface area contributed by atoms with Gasteiger partial charge in [-0.25, -0.2) is 17.6 Å². The van der Waals surface area contributed by atoms with Gasteiger partial charge < -0.3 is 0 Å². The minimum atomic E-state index is -3.80. The normalized spacial score (nSPS) is 13.1. The smallest absolute Gasteiger partial charge is 0.204 e. The monoisotopic (exact) mass is 172 g/mol. The molecule has 0 rings (SSSR count). The fourth-order valence-corrected chi connectivity index (χ4v) is 0.590. The first-order valence-electron chi connectivity index (χ1n) is 3.52. The van der Waals surface area contributed by atoms with Gasteiger partial charge in [-0.2, -0.15) is 0 Å². The minimum absolute atomic E-state index is 0.0413. The SMILES string of the molecule is CC(C)CCC(F)(F)C(F)F. The zero-order valence-electron chi connectivity index (χ0n) is 6.58. The molecule has 0 spiro atoms. The van der Waals surface area contributed by atoms with Crippen molar-refractivity contribution < 1.29 is 17.6 Å². The topological polar surface area (TPSA) is 0 Å². The van der Waals surface area contributed by atoms with E-state index in [2.05, 4.69) is 0 Å². The van der Waals surface area contributed by atoms with Crippen LogP contribution in [-0.2, 0) is 0 Å². The van der Waals surface area contributed by atoms with Crippen LogP contribution in [0.3, 0.4) is 0 Å². The Hall–Kier alpha value is -0.280. The van der Waals surface area contributed by atoms with Gasteiger partial charge >= 0.3 is 12.3 Å². The molecule has 0 heterocycles. The highest BCUT2D eigenvalue weighted by atomic mass is 19.3. The van der Waals surface area contributed by atoms with Gasteiger partial charge in [0.1, 0.15) is 0 Å². The largest absolute Gasteiger partial charge is 0.307 e. The zero-order chi connectivity index (χ0) is 9.07. The molecule has 0 N–H and O–H groups in total. The first kappa shape index (κ1) is 10.7. The molecule has 0 unspecified atom stereocenters. The number of hydrogen-bond acceptors (Lipinski definition) is 0. The lowest BCUT2D eigenvalue weighted by atomic mass is 10.0. The van der Waals surface area contributed by atoms with Crippen molar-refractivity contribution >= 4 is 0 Å². The van der Waals surface area contributed by atoms with Crippen molar-refractivity contribution in [3.05, 3.63) is 0 Å². The molecule has 4 heteroatoms. The molecule has 0 aromatic rings. The second kappa shape index (κ2) is 3.93. The van der Waals surface area contributed by atoms with Crippen LogP contribution in [0.15, 0.2) is 0 Å². The Morgan fingerprint density at radius 2 is 1.64 bits per heavy atom. The molecule has 0 aliphatic heterocycles. The van der Waals surface area contributed by atoms with Crippen LogP contribution in [0.5, 0.6) is 0 Å². The fourth-order valence-electron chi connectivity index (χ4n) is 0.590. The Morgan fingerprint density at radius 3 is 1.91 bits per heavy atom. The van der Waals surface area contributed by atoms with Crippen molar-refractivity contribution in [2.45, 2.75) is 39.0 Å². The van der Waals surface area contributed by atoms with Crippen molar-refractivity contribution in [1.29, 1.82) is 0 Å². The minimum Gasteiger partial charge on any atom is -0.204 e. The first-order valence-corrected chi connectivity index (χ1v) is 3.52. The van der Waals surface area contributed by atoms with Crippen LogP contribution in [0, 0.1) is 5.92 Å². The third-order valence-electron chi connectivity index (χ3n) is 1.37. The second-order valence-electron chi connectivity index (χ2n) is 2.99. The van der Waals surface area contributed by atoms with E-state index in [9.17, 15) is 17.6 Å². The van der Waals surface area contributed by atoms with E-state index in [1.165, 1.54) is 0 Å². The van der Waals surface area contributed by atoms with E-state index < -0.39 is 18.8 Å². The number of alkyl halides is 4. The Balaban J connectivity index is 3.73. The van der Waals surface area contributed by atoms with Crippen molar-refractivity contribution in [3.8, 4) is 0 Å². The molecule has 0 bridgehead atoms. The maximum atomic E-state index is 12.2. The molecule has 0 aromatic heterocycles. The molecule has 0 amide bonds. The summed E-state index contributed by atoms with van der Waals surface area (Å²) in [6.45, 7) is 3.45. The van der Waals surface area contributed by atoms with Gasteiger partial charge in [-0.15, -0.1) is 0 Å². The summed E-state index contributed by atoms with van der Waals surface area (Å²) in [5.74, 6) is -3.76. The first-order chi connectivity index (χ1) is 4.86. The summed E-state index contributed by atoms with van der Waals surface area (Å²) in [6, 6.07) is 0. The summed E-state index contributed by atoms with van der Waals surface area (Å²) in [5, 5.41) is 0. The van der Waals surface area contributed by atoms with Gasteiger partial charge in [0, 0.05) is 6.42 Å². The van der Waals surface area contributed by atoms with E-state index in [0.717, 1.165) is 0 Å². The average molecular weight is 172 g/mol. The summed E-state index contributed by atoms with van der Waals surface area (Å²) in [4.78, 5) is 0. The Morgan fingerprint density at radius 1 is 1.18 bits per heavy atom. The standard InChI is InChI=1S/C7H12F4/c1-5(2)3-4-7(10,11)6(8)9/h5-6H,3-4H2,1-2H3. The maximum absolute atomic E-state index is 12.2. The second-order valence-corrected chi connectivity index (χ2v) is 2.99. The van der Waals surface area contributed by atoms with Crippen molar-refractivity contribution in [1.82, 2.24) is 0 Å². The summed E-state index contributed by atoms with van der Waals surface area (Å²) in [7, 11) is 0. The lowest BCUT2D eigenvalue weighted by Gasteiger charge is -2.15. The Bertz CT molecular complexity index is 109. The van der Waals surface area contributed by atoms with Gasteiger partial charge in [-0.05, 0) is 12.3 Å². The van der Waals surface area contributed by atoms with E-state index in [1.807, 2.05) is 0 Å². The lowest BCUT2D eigenvalue weighted by Crippen LogP contribution is -2.26. The van der Waals surface area contributed by atoms with Crippen molar-refractivity contribution in [3.63, 3.8) is 0 Å². The van der Waals surface area contributed by atoms with Crippen LogP contribution in [0.2, 0.25) is 0 Å².